The number of nitrogens with zero attached hydrogens (tertiary/aromatic N) is 6. The molecule has 4 rings (SSSR count). The van der Waals surface area contributed by atoms with Gasteiger partial charge in [0, 0.05) is 70.3 Å². The number of carboxylic acids is 1. The Morgan fingerprint density at radius 1 is 1.16 bits per heavy atom. The maximum atomic E-state index is 14.9. The number of alkyl halides is 5. The summed E-state index contributed by atoms with van der Waals surface area (Å²) in [6, 6.07) is 1.74. The molecule has 2 aliphatic heterocycles. The van der Waals surface area contributed by atoms with Gasteiger partial charge >= 0.3 is 12.1 Å². The third-order valence-corrected chi connectivity index (χ3v) is 5.64. The molecule has 2 saturated heterocycles. The van der Waals surface area contributed by atoms with E-state index in [4.69, 9.17) is 9.90 Å². The Morgan fingerprint density at radius 3 is 2.38 bits per heavy atom. The summed E-state index contributed by atoms with van der Waals surface area (Å²) in [5.74, 6) is -4.88. The molecule has 0 aliphatic carbocycles. The summed E-state index contributed by atoms with van der Waals surface area (Å²) in [5.41, 5.74) is 0.0243. The number of aryl methyl sites for hydroxylation is 1. The van der Waals surface area contributed by atoms with Crippen molar-refractivity contribution in [2.45, 2.75) is 31.5 Å². The monoisotopic (exact) mass is 462 g/mol. The number of anilines is 1. The maximum absolute atomic E-state index is 14.9. The summed E-state index contributed by atoms with van der Waals surface area (Å²) in [5, 5.41) is 11.3. The van der Waals surface area contributed by atoms with Crippen LogP contribution in [-0.2, 0) is 18.4 Å². The zero-order chi connectivity index (χ0) is 23.6. The molecule has 1 unspecified atom stereocenters. The Hall–Kier alpha value is -2.83. The minimum Gasteiger partial charge on any atom is -0.475 e. The van der Waals surface area contributed by atoms with Gasteiger partial charge in [0.05, 0.1) is 11.6 Å². The van der Waals surface area contributed by atoms with Crippen LogP contribution in [0.5, 0.6) is 0 Å². The topological polar surface area (TPSA) is 87.4 Å². The molecule has 1 spiro atoms. The number of aromatic nitrogens is 4. The lowest BCUT2D eigenvalue weighted by molar-refractivity contribution is -0.192. The second-order valence-corrected chi connectivity index (χ2v) is 7.99. The molecule has 1 N–H and O–H groups in total. The van der Waals surface area contributed by atoms with Crippen molar-refractivity contribution in [1.29, 1.82) is 0 Å². The van der Waals surface area contributed by atoms with Crippen LogP contribution in [0.25, 0.3) is 0 Å². The Labute approximate surface area is 180 Å². The number of carbonyl (C=O) groups is 1. The molecule has 0 radical (unpaired) electrons. The van der Waals surface area contributed by atoms with Crippen molar-refractivity contribution in [3.8, 4) is 0 Å². The van der Waals surface area contributed by atoms with Crippen LogP contribution in [0.1, 0.15) is 18.4 Å². The number of aliphatic carboxylic acids is 1. The van der Waals surface area contributed by atoms with Gasteiger partial charge in [-0.15, -0.1) is 0 Å². The van der Waals surface area contributed by atoms with Crippen LogP contribution >= 0.6 is 0 Å². The smallest absolute Gasteiger partial charge is 0.475 e. The van der Waals surface area contributed by atoms with E-state index in [0.29, 0.717) is 45.1 Å². The molecule has 13 heteroatoms. The first-order valence-corrected chi connectivity index (χ1v) is 9.82. The minimum absolute atomic E-state index is 0.100. The van der Waals surface area contributed by atoms with Gasteiger partial charge in [-0.25, -0.2) is 23.5 Å². The van der Waals surface area contributed by atoms with Crippen molar-refractivity contribution in [2.24, 2.45) is 12.5 Å². The molecular formula is C19H23F5N6O2. The van der Waals surface area contributed by atoms with Gasteiger partial charge in [-0.2, -0.15) is 18.3 Å². The molecule has 1 atom stereocenters. The largest absolute Gasteiger partial charge is 0.490 e. The zero-order valence-corrected chi connectivity index (χ0v) is 17.3. The fraction of sp³-hybridized carbons (Fsp3) is 0.579. The van der Waals surface area contributed by atoms with Crippen LogP contribution in [-0.4, -0.2) is 74.0 Å². The molecule has 32 heavy (non-hydrogen) atoms. The second kappa shape index (κ2) is 8.96. The summed E-state index contributed by atoms with van der Waals surface area (Å²) < 4.78 is 63.2. The van der Waals surface area contributed by atoms with Gasteiger partial charge < -0.3 is 10.0 Å². The minimum atomic E-state index is -5.08. The average Bonchev–Trinajstić information content (AvgIpc) is 3.33. The highest BCUT2D eigenvalue weighted by molar-refractivity contribution is 5.73. The number of rotatable bonds is 3. The number of carboxylic acid groups (broad SMARTS) is 1. The average molecular weight is 462 g/mol. The van der Waals surface area contributed by atoms with E-state index in [9.17, 15) is 22.0 Å². The van der Waals surface area contributed by atoms with Crippen LogP contribution < -0.4 is 4.90 Å². The lowest BCUT2D eigenvalue weighted by Gasteiger charge is -2.45. The predicted molar refractivity (Wildman–Crippen MR) is 103 cm³/mol. The molecule has 8 nitrogen and oxygen atoms in total. The normalized spacial score (nSPS) is 23.1. The lowest BCUT2D eigenvalue weighted by Crippen LogP contribution is -2.56. The first kappa shape index (κ1) is 23.8. The molecular weight excluding hydrogens is 439 g/mol. The van der Waals surface area contributed by atoms with Crippen LogP contribution in [0.15, 0.2) is 30.9 Å². The van der Waals surface area contributed by atoms with Crippen LogP contribution in [0, 0.1) is 5.41 Å². The Bertz CT molecular complexity index is 922. The van der Waals surface area contributed by atoms with Crippen molar-refractivity contribution in [2.75, 3.05) is 31.1 Å². The Kier molecular flexibility index (Phi) is 6.67. The van der Waals surface area contributed by atoms with Crippen LogP contribution in [0.2, 0.25) is 0 Å². The summed E-state index contributed by atoms with van der Waals surface area (Å²) >= 11 is 0. The SMILES string of the molecule is Cn1cc(CN2CCC(F)(F)C3(CCN(c4ncccn4)C3)C2)cn1.O=C(O)C(F)(F)F. The molecule has 0 amide bonds. The van der Waals surface area contributed by atoms with E-state index in [-0.39, 0.29) is 6.42 Å². The van der Waals surface area contributed by atoms with E-state index in [0.717, 1.165) is 5.56 Å². The van der Waals surface area contributed by atoms with Crippen molar-refractivity contribution >= 4 is 11.9 Å². The van der Waals surface area contributed by atoms with E-state index in [1.165, 1.54) is 0 Å². The molecule has 2 aliphatic rings. The second-order valence-electron chi connectivity index (χ2n) is 7.99. The predicted octanol–water partition coefficient (Wildman–Crippen LogP) is 2.58. The fourth-order valence-electron chi connectivity index (χ4n) is 4.06. The van der Waals surface area contributed by atoms with Gasteiger partial charge in [-0.1, -0.05) is 0 Å². The van der Waals surface area contributed by atoms with Gasteiger partial charge in [-0.05, 0) is 12.5 Å². The third kappa shape index (κ3) is 5.31. The van der Waals surface area contributed by atoms with Crippen molar-refractivity contribution in [3.63, 3.8) is 0 Å². The lowest BCUT2D eigenvalue weighted by atomic mass is 9.75. The van der Waals surface area contributed by atoms with Crippen molar-refractivity contribution < 1.29 is 31.9 Å². The van der Waals surface area contributed by atoms with Gasteiger partial charge in [0.25, 0.3) is 5.92 Å². The van der Waals surface area contributed by atoms with E-state index in [1.54, 1.807) is 29.3 Å². The number of piperidine rings is 1. The van der Waals surface area contributed by atoms with Crippen LogP contribution in [0.4, 0.5) is 27.9 Å². The van der Waals surface area contributed by atoms with Gasteiger partial charge in [0.2, 0.25) is 5.95 Å². The fourth-order valence-corrected chi connectivity index (χ4v) is 4.06. The number of likely N-dealkylation sites (tertiary alicyclic amines) is 1. The van der Waals surface area contributed by atoms with E-state index >= 15 is 0 Å². The quantitative estimate of drug-likeness (QED) is 0.702. The molecule has 0 aromatic carbocycles. The number of hydrogen-bond donors (Lipinski definition) is 1. The summed E-state index contributed by atoms with van der Waals surface area (Å²) in [7, 11) is 1.87. The summed E-state index contributed by atoms with van der Waals surface area (Å²) in [6.45, 7) is 2.32. The zero-order valence-electron chi connectivity index (χ0n) is 17.3. The molecule has 0 saturated carbocycles. The van der Waals surface area contributed by atoms with Crippen LogP contribution in [0.3, 0.4) is 0 Å². The first-order valence-electron chi connectivity index (χ1n) is 9.82. The molecule has 0 bridgehead atoms. The van der Waals surface area contributed by atoms with E-state index in [1.807, 2.05) is 18.1 Å². The number of halogens is 5. The number of hydrogen-bond acceptors (Lipinski definition) is 6. The first-order chi connectivity index (χ1) is 14.9. The van der Waals surface area contributed by atoms with Gasteiger partial charge in [0.15, 0.2) is 0 Å². The van der Waals surface area contributed by atoms with Gasteiger partial charge in [0.1, 0.15) is 0 Å². The molecule has 4 heterocycles. The van der Waals surface area contributed by atoms with E-state index in [2.05, 4.69) is 20.0 Å². The highest BCUT2D eigenvalue weighted by atomic mass is 19.4. The van der Waals surface area contributed by atoms with Crippen molar-refractivity contribution in [3.05, 3.63) is 36.4 Å². The molecule has 176 valence electrons. The molecule has 2 aromatic heterocycles. The summed E-state index contributed by atoms with van der Waals surface area (Å²) in [6.07, 6.45) is 2.33. The highest BCUT2D eigenvalue weighted by Crippen LogP contribution is 2.50. The van der Waals surface area contributed by atoms with Gasteiger partial charge in [-0.3, -0.25) is 9.58 Å². The Balaban J connectivity index is 0.000000360. The van der Waals surface area contributed by atoms with E-state index < -0.39 is 23.5 Å². The highest BCUT2D eigenvalue weighted by Gasteiger charge is 2.59. The maximum Gasteiger partial charge on any atom is 0.490 e. The Morgan fingerprint density at radius 2 is 1.81 bits per heavy atom. The standard InChI is InChI=1S/C17H22F2N6.C2HF3O2/c1-23-10-14(9-22-23)11-24-7-4-17(18,19)16(12-24)3-8-25(13-16)15-20-5-2-6-21-15;3-2(4,5)1(6)7/h2,5-6,9-10H,3-4,7-8,11-13H2,1H3;(H,6,7). The summed E-state index contributed by atoms with van der Waals surface area (Å²) in [4.78, 5) is 21.4. The van der Waals surface area contributed by atoms with Crippen molar-refractivity contribution in [1.82, 2.24) is 24.6 Å². The molecule has 2 fully saturated rings. The third-order valence-electron chi connectivity index (χ3n) is 5.64. The molecule has 2 aromatic rings.